The molecule has 0 spiro atoms. The largest absolute Gasteiger partial charge is 0.394 e. The average molecular weight is 292 g/mol. The molecule has 2 rings (SSSR count). The molecule has 1 unspecified atom stereocenters. The van der Waals surface area contributed by atoms with Gasteiger partial charge >= 0.3 is 0 Å². The van der Waals surface area contributed by atoms with Crippen LogP contribution >= 0.6 is 0 Å². The van der Waals surface area contributed by atoms with Crippen molar-refractivity contribution in [3.05, 3.63) is 24.0 Å². The van der Waals surface area contributed by atoms with Crippen molar-refractivity contribution in [2.24, 2.45) is 5.92 Å². The Morgan fingerprint density at radius 1 is 1.38 bits per heavy atom. The molecule has 0 amide bonds. The molecule has 21 heavy (non-hydrogen) atoms. The van der Waals surface area contributed by atoms with Crippen molar-refractivity contribution in [1.82, 2.24) is 9.97 Å². The summed E-state index contributed by atoms with van der Waals surface area (Å²) in [5, 5.41) is 13.0. The van der Waals surface area contributed by atoms with Crippen LogP contribution in [0.25, 0.3) is 10.9 Å². The molecule has 0 fully saturated rings. The first-order chi connectivity index (χ1) is 10.1. The molecule has 6 heteroatoms. The summed E-state index contributed by atoms with van der Waals surface area (Å²) in [5.74, 6) is 0.237. The van der Waals surface area contributed by atoms with Crippen LogP contribution in [-0.4, -0.2) is 27.7 Å². The first-order valence-corrected chi connectivity index (χ1v) is 7.16. The van der Waals surface area contributed by atoms with Crippen molar-refractivity contribution in [2.45, 2.75) is 32.7 Å². The number of nitrogens with two attached hydrogens (primary N) is 1. The summed E-state index contributed by atoms with van der Waals surface area (Å²) in [4.78, 5) is 8.13. The molecule has 0 aliphatic carbocycles. The molecule has 1 aromatic carbocycles. The monoisotopic (exact) mass is 292 g/mol. The van der Waals surface area contributed by atoms with Crippen molar-refractivity contribution in [3.63, 3.8) is 0 Å². The van der Waals surface area contributed by atoms with Gasteiger partial charge in [0.05, 0.1) is 23.6 Å². The molecule has 1 aromatic heterocycles. The molecule has 1 heterocycles. The summed E-state index contributed by atoms with van der Waals surface area (Å²) in [7, 11) is 0. The number of rotatable bonds is 6. The van der Waals surface area contributed by atoms with E-state index in [4.69, 9.17) is 5.73 Å². The van der Waals surface area contributed by atoms with E-state index in [1.807, 2.05) is 6.92 Å². The van der Waals surface area contributed by atoms with E-state index in [0.717, 1.165) is 12.8 Å². The van der Waals surface area contributed by atoms with Crippen LogP contribution in [0.4, 0.5) is 16.2 Å². The van der Waals surface area contributed by atoms with Gasteiger partial charge in [0.25, 0.3) is 0 Å². The van der Waals surface area contributed by atoms with Gasteiger partial charge < -0.3 is 16.2 Å². The number of hydrogen-bond acceptors (Lipinski definition) is 5. The van der Waals surface area contributed by atoms with Gasteiger partial charge in [0.2, 0.25) is 5.95 Å². The molecular formula is C15H21FN4O. The van der Waals surface area contributed by atoms with Crippen LogP contribution < -0.4 is 11.1 Å². The number of nitrogens with one attached hydrogen (secondary N) is 1. The maximum absolute atomic E-state index is 14.1. The molecule has 0 aliphatic heterocycles. The number of fused-ring (bicyclic) bond motifs is 1. The van der Waals surface area contributed by atoms with E-state index in [2.05, 4.69) is 22.2 Å². The van der Waals surface area contributed by atoms with E-state index in [-0.39, 0.29) is 24.5 Å². The van der Waals surface area contributed by atoms with E-state index < -0.39 is 5.82 Å². The molecule has 114 valence electrons. The van der Waals surface area contributed by atoms with Gasteiger partial charge in [0.15, 0.2) is 0 Å². The fourth-order valence-corrected chi connectivity index (χ4v) is 2.46. The Hall–Kier alpha value is -1.95. The molecule has 4 N–H and O–H groups in total. The summed E-state index contributed by atoms with van der Waals surface area (Å²) < 4.78 is 14.1. The number of hydrogen-bond donors (Lipinski definition) is 3. The van der Waals surface area contributed by atoms with Gasteiger partial charge in [-0.1, -0.05) is 26.3 Å². The predicted molar refractivity (Wildman–Crippen MR) is 82.5 cm³/mol. The lowest BCUT2D eigenvalue weighted by Crippen LogP contribution is -2.31. The highest BCUT2D eigenvalue weighted by Crippen LogP contribution is 2.26. The fraction of sp³-hybridized carbons (Fsp3) is 0.467. The molecular weight excluding hydrogens is 271 g/mol. The molecule has 0 bridgehead atoms. The zero-order valence-electron chi connectivity index (χ0n) is 12.3. The fourth-order valence-electron chi connectivity index (χ4n) is 2.46. The van der Waals surface area contributed by atoms with Crippen LogP contribution in [0.2, 0.25) is 0 Å². The lowest BCUT2D eigenvalue weighted by molar-refractivity contribution is 0.238. The quantitative estimate of drug-likeness (QED) is 0.762. The Morgan fingerprint density at radius 2 is 2.14 bits per heavy atom. The smallest absolute Gasteiger partial charge is 0.222 e. The molecule has 0 saturated heterocycles. The van der Waals surface area contributed by atoms with E-state index in [1.165, 1.54) is 6.07 Å². The first-order valence-electron chi connectivity index (χ1n) is 7.16. The normalized spacial score (nSPS) is 14.1. The minimum absolute atomic E-state index is 0.0545. The summed E-state index contributed by atoms with van der Waals surface area (Å²) >= 11 is 0. The molecule has 2 atom stereocenters. The first kappa shape index (κ1) is 15.4. The van der Waals surface area contributed by atoms with E-state index >= 15 is 0 Å². The number of nitrogen functional groups attached to an aromatic ring is 1. The van der Waals surface area contributed by atoms with E-state index in [0.29, 0.717) is 16.7 Å². The van der Waals surface area contributed by atoms with Crippen molar-refractivity contribution in [1.29, 1.82) is 0 Å². The van der Waals surface area contributed by atoms with Gasteiger partial charge in [-0.2, -0.15) is 4.98 Å². The van der Waals surface area contributed by atoms with Gasteiger partial charge in [-0.3, -0.25) is 0 Å². The number of nitrogens with zero attached hydrogens (tertiary/aromatic N) is 2. The van der Waals surface area contributed by atoms with Crippen LogP contribution in [0, 0.1) is 11.7 Å². The number of aliphatic hydroxyl groups is 1. The van der Waals surface area contributed by atoms with E-state index in [1.54, 1.807) is 12.1 Å². The lowest BCUT2D eigenvalue weighted by atomic mass is 9.97. The molecule has 0 saturated carbocycles. The third-order valence-electron chi connectivity index (χ3n) is 3.64. The SMILES string of the molecule is CCC[C@@H](C)C(CO)Nc1nc(N)nc2cccc(F)c12. The highest BCUT2D eigenvalue weighted by Gasteiger charge is 2.19. The van der Waals surface area contributed by atoms with Crippen molar-refractivity contribution in [2.75, 3.05) is 17.7 Å². The van der Waals surface area contributed by atoms with Gasteiger partial charge in [0.1, 0.15) is 11.6 Å². The van der Waals surface area contributed by atoms with E-state index in [9.17, 15) is 9.50 Å². The summed E-state index contributed by atoms with van der Waals surface area (Å²) in [5.41, 5.74) is 6.13. The number of benzene rings is 1. The third-order valence-corrected chi connectivity index (χ3v) is 3.64. The predicted octanol–water partition coefficient (Wildman–Crippen LogP) is 2.56. The highest BCUT2D eigenvalue weighted by molar-refractivity contribution is 5.90. The van der Waals surface area contributed by atoms with Crippen LogP contribution in [0.1, 0.15) is 26.7 Å². The second kappa shape index (κ2) is 6.67. The second-order valence-electron chi connectivity index (χ2n) is 5.26. The molecule has 0 aliphatic rings. The molecule has 2 aromatic rings. The summed E-state index contributed by atoms with van der Waals surface area (Å²) in [6.07, 6.45) is 1.97. The Bertz CT molecular complexity index is 620. The standard InChI is InChI=1S/C15H21FN4O/c1-3-5-9(2)12(8-21)18-14-13-10(16)6-4-7-11(13)19-15(17)20-14/h4,6-7,9,12,21H,3,5,8H2,1-2H3,(H3,17,18,19,20)/t9-,12?/m1/s1. The van der Waals surface area contributed by atoms with Crippen LogP contribution in [0.5, 0.6) is 0 Å². The van der Waals surface area contributed by atoms with Crippen LogP contribution in [-0.2, 0) is 0 Å². The van der Waals surface area contributed by atoms with Gasteiger partial charge in [-0.15, -0.1) is 0 Å². The zero-order valence-corrected chi connectivity index (χ0v) is 12.3. The second-order valence-corrected chi connectivity index (χ2v) is 5.26. The zero-order chi connectivity index (χ0) is 15.4. The Balaban J connectivity index is 2.41. The van der Waals surface area contributed by atoms with Crippen molar-refractivity contribution >= 4 is 22.7 Å². The number of halogens is 1. The number of anilines is 2. The van der Waals surface area contributed by atoms with Gasteiger partial charge in [-0.05, 0) is 24.5 Å². The van der Waals surface area contributed by atoms with Crippen LogP contribution in [0.15, 0.2) is 18.2 Å². The summed E-state index contributed by atoms with van der Waals surface area (Å²) in [6.45, 7) is 4.07. The average Bonchev–Trinajstić information content (AvgIpc) is 2.44. The maximum Gasteiger partial charge on any atom is 0.222 e. The maximum atomic E-state index is 14.1. The molecule has 0 radical (unpaired) electrons. The molecule has 5 nitrogen and oxygen atoms in total. The minimum atomic E-state index is -0.408. The highest BCUT2D eigenvalue weighted by atomic mass is 19.1. The Kier molecular flexibility index (Phi) is 4.90. The minimum Gasteiger partial charge on any atom is -0.394 e. The van der Waals surface area contributed by atoms with Crippen LogP contribution in [0.3, 0.4) is 0 Å². The lowest BCUT2D eigenvalue weighted by Gasteiger charge is -2.24. The van der Waals surface area contributed by atoms with Gasteiger partial charge in [-0.25, -0.2) is 9.37 Å². The third kappa shape index (κ3) is 3.39. The van der Waals surface area contributed by atoms with Crippen molar-refractivity contribution in [3.8, 4) is 0 Å². The van der Waals surface area contributed by atoms with Crippen molar-refractivity contribution < 1.29 is 9.50 Å². The topological polar surface area (TPSA) is 84.1 Å². The number of aliphatic hydroxyl groups excluding tert-OH is 1. The Labute approximate surface area is 123 Å². The number of aromatic nitrogens is 2. The summed E-state index contributed by atoms with van der Waals surface area (Å²) in [6, 6.07) is 4.42. The van der Waals surface area contributed by atoms with Gasteiger partial charge in [0, 0.05) is 0 Å². The Morgan fingerprint density at radius 3 is 2.81 bits per heavy atom.